The first-order valence-electron chi connectivity index (χ1n) is 6.07. The van der Waals surface area contributed by atoms with E-state index in [0.29, 0.717) is 6.04 Å². The van der Waals surface area contributed by atoms with Gasteiger partial charge >= 0.3 is 0 Å². The van der Waals surface area contributed by atoms with E-state index in [1.807, 2.05) is 6.07 Å². The van der Waals surface area contributed by atoms with Gasteiger partial charge in [-0.25, -0.2) is 0 Å². The molecule has 0 atom stereocenters. The van der Waals surface area contributed by atoms with Gasteiger partial charge in [0.25, 0.3) is 0 Å². The molecule has 0 bridgehead atoms. The van der Waals surface area contributed by atoms with Crippen molar-refractivity contribution in [3.63, 3.8) is 0 Å². The predicted molar refractivity (Wildman–Crippen MR) is 71.6 cm³/mol. The van der Waals surface area contributed by atoms with Crippen LogP contribution in [0.3, 0.4) is 0 Å². The molecule has 2 rings (SSSR count). The van der Waals surface area contributed by atoms with Gasteiger partial charge in [0.05, 0.1) is 7.11 Å². The minimum Gasteiger partial charge on any atom is -0.497 e. The van der Waals surface area contributed by atoms with E-state index in [0.717, 1.165) is 18.8 Å². The zero-order chi connectivity index (χ0) is 12.3. The van der Waals surface area contributed by atoms with Crippen LogP contribution in [0.15, 0.2) is 30.5 Å². The SMILES string of the molecule is COc1ccc2c(ccn2CCNC(C)C)c1. The number of benzene rings is 1. The van der Waals surface area contributed by atoms with Crippen LogP contribution in [0.2, 0.25) is 0 Å². The summed E-state index contributed by atoms with van der Waals surface area (Å²) in [6, 6.07) is 8.87. The zero-order valence-corrected chi connectivity index (χ0v) is 10.7. The van der Waals surface area contributed by atoms with Crippen molar-refractivity contribution in [1.82, 2.24) is 9.88 Å². The Morgan fingerprint density at radius 2 is 2.12 bits per heavy atom. The summed E-state index contributed by atoms with van der Waals surface area (Å²) in [5.41, 5.74) is 1.26. The number of aromatic nitrogens is 1. The molecule has 0 spiro atoms. The van der Waals surface area contributed by atoms with E-state index >= 15 is 0 Å². The summed E-state index contributed by atoms with van der Waals surface area (Å²) in [7, 11) is 1.70. The summed E-state index contributed by atoms with van der Waals surface area (Å²) in [5.74, 6) is 0.913. The number of nitrogens with one attached hydrogen (secondary N) is 1. The van der Waals surface area contributed by atoms with Gasteiger partial charge in [-0.15, -0.1) is 0 Å². The molecule has 17 heavy (non-hydrogen) atoms. The van der Waals surface area contributed by atoms with Crippen LogP contribution in [0.25, 0.3) is 10.9 Å². The van der Waals surface area contributed by atoms with Crippen LogP contribution < -0.4 is 10.1 Å². The van der Waals surface area contributed by atoms with E-state index in [2.05, 4.69) is 48.1 Å². The van der Waals surface area contributed by atoms with Crippen molar-refractivity contribution in [2.75, 3.05) is 13.7 Å². The first-order valence-corrected chi connectivity index (χ1v) is 6.07. The van der Waals surface area contributed by atoms with Gasteiger partial charge in [0, 0.05) is 36.2 Å². The van der Waals surface area contributed by atoms with Crippen LogP contribution >= 0.6 is 0 Å². The molecule has 0 saturated carbocycles. The third-order valence-electron chi connectivity index (χ3n) is 2.88. The molecule has 3 nitrogen and oxygen atoms in total. The second-order valence-corrected chi connectivity index (χ2v) is 4.54. The number of fused-ring (bicyclic) bond motifs is 1. The van der Waals surface area contributed by atoms with Gasteiger partial charge in [0.2, 0.25) is 0 Å². The maximum atomic E-state index is 5.22. The molecule has 1 aromatic carbocycles. The quantitative estimate of drug-likeness (QED) is 0.857. The molecular formula is C14H20N2O. The van der Waals surface area contributed by atoms with Crippen LogP contribution in [0.4, 0.5) is 0 Å². The number of hydrogen-bond acceptors (Lipinski definition) is 2. The number of nitrogens with zero attached hydrogens (tertiary/aromatic N) is 1. The Hall–Kier alpha value is -1.48. The molecular weight excluding hydrogens is 212 g/mol. The van der Waals surface area contributed by atoms with Gasteiger partial charge in [-0.1, -0.05) is 13.8 Å². The molecule has 0 aliphatic heterocycles. The summed E-state index contributed by atoms with van der Waals surface area (Å²) in [5, 5.41) is 4.66. The lowest BCUT2D eigenvalue weighted by molar-refractivity contribution is 0.415. The van der Waals surface area contributed by atoms with Crippen molar-refractivity contribution >= 4 is 10.9 Å². The maximum absolute atomic E-state index is 5.22. The highest BCUT2D eigenvalue weighted by Crippen LogP contribution is 2.21. The highest BCUT2D eigenvalue weighted by molar-refractivity contribution is 5.81. The topological polar surface area (TPSA) is 26.2 Å². The molecule has 0 aliphatic rings. The largest absolute Gasteiger partial charge is 0.497 e. The van der Waals surface area contributed by atoms with E-state index in [1.54, 1.807) is 7.11 Å². The Balaban J connectivity index is 2.13. The smallest absolute Gasteiger partial charge is 0.119 e. The molecule has 2 aromatic rings. The first kappa shape index (κ1) is 12.0. The second kappa shape index (κ2) is 5.23. The predicted octanol–water partition coefficient (Wildman–Crippen LogP) is 2.65. The van der Waals surface area contributed by atoms with Crippen molar-refractivity contribution < 1.29 is 4.74 Å². The van der Waals surface area contributed by atoms with E-state index < -0.39 is 0 Å². The fourth-order valence-corrected chi connectivity index (χ4v) is 1.97. The van der Waals surface area contributed by atoms with Crippen LogP contribution in [0, 0.1) is 0 Å². The van der Waals surface area contributed by atoms with Gasteiger partial charge in [-0.05, 0) is 24.3 Å². The van der Waals surface area contributed by atoms with E-state index in [9.17, 15) is 0 Å². The van der Waals surface area contributed by atoms with Crippen LogP contribution in [-0.2, 0) is 6.54 Å². The summed E-state index contributed by atoms with van der Waals surface area (Å²) in [4.78, 5) is 0. The lowest BCUT2D eigenvalue weighted by atomic mass is 10.2. The molecule has 0 aliphatic carbocycles. The van der Waals surface area contributed by atoms with E-state index in [1.165, 1.54) is 10.9 Å². The first-order chi connectivity index (χ1) is 8.20. The number of ether oxygens (including phenoxy) is 1. The van der Waals surface area contributed by atoms with Crippen LogP contribution in [0.1, 0.15) is 13.8 Å². The van der Waals surface area contributed by atoms with Crippen molar-refractivity contribution in [2.45, 2.75) is 26.4 Å². The van der Waals surface area contributed by atoms with Crippen LogP contribution in [0.5, 0.6) is 5.75 Å². The molecule has 1 heterocycles. The van der Waals surface area contributed by atoms with E-state index in [-0.39, 0.29) is 0 Å². The molecule has 92 valence electrons. The fraction of sp³-hybridized carbons (Fsp3) is 0.429. The molecule has 1 aromatic heterocycles. The molecule has 3 heteroatoms. The Labute approximate surface area is 102 Å². The Bertz CT molecular complexity index is 488. The Morgan fingerprint density at radius 3 is 2.82 bits per heavy atom. The minimum atomic E-state index is 0.539. The van der Waals surface area contributed by atoms with Crippen molar-refractivity contribution in [2.24, 2.45) is 0 Å². The molecule has 0 unspecified atom stereocenters. The average Bonchev–Trinajstić information content (AvgIpc) is 2.71. The maximum Gasteiger partial charge on any atom is 0.119 e. The average molecular weight is 232 g/mol. The Morgan fingerprint density at radius 1 is 1.29 bits per heavy atom. The number of methoxy groups -OCH3 is 1. The number of hydrogen-bond donors (Lipinski definition) is 1. The van der Waals surface area contributed by atoms with Gasteiger partial charge in [-0.2, -0.15) is 0 Å². The van der Waals surface area contributed by atoms with Gasteiger partial charge in [-0.3, -0.25) is 0 Å². The standard InChI is InChI=1S/C14H20N2O/c1-11(2)15-7-9-16-8-6-12-10-13(17-3)4-5-14(12)16/h4-6,8,10-11,15H,7,9H2,1-3H3. The monoisotopic (exact) mass is 232 g/mol. The van der Waals surface area contributed by atoms with Crippen molar-refractivity contribution in [3.8, 4) is 5.75 Å². The number of rotatable bonds is 5. The fourth-order valence-electron chi connectivity index (χ4n) is 1.97. The van der Waals surface area contributed by atoms with Gasteiger partial charge in [0.15, 0.2) is 0 Å². The summed E-state index contributed by atoms with van der Waals surface area (Å²) >= 11 is 0. The molecule has 0 fully saturated rings. The Kier molecular flexibility index (Phi) is 3.69. The summed E-state index contributed by atoms with van der Waals surface area (Å²) < 4.78 is 7.49. The lowest BCUT2D eigenvalue weighted by Gasteiger charge is -2.10. The van der Waals surface area contributed by atoms with E-state index in [4.69, 9.17) is 4.74 Å². The van der Waals surface area contributed by atoms with Gasteiger partial charge < -0.3 is 14.6 Å². The lowest BCUT2D eigenvalue weighted by Crippen LogP contribution is -2.26. The molecule has 0 radical (unpaired) electrons. The molecule has 0 amide bonds. The third kappa shape index (κ3) is 2.80. The zero-order valence-electron chi connectivity index (χ0n) is 10.7. The summed E-state index contributed by atoms with van der Waals surface area (Å²) in [6.07, 6.45) is 2.13. The van der Waals surface area contributed by atoms with Gasteiger partial charge in [0.1, 0.15) is 5.75 Å². The van der Waals surface area contributed by atoms with Crippen molar-refractivity contribution in [3.05, 3.63) is 30.5 Å². The summed E-state index contributed by atoms with van der Waals surface area (Å²) in [6.45, 7) is 6.32. The highest BCUT2D eigenvalue weighted by Gasteiger charge is 2.02. The van der Waals surface area contributed by atoms with Crippen LogP contribution in [-0.4, -0.2) is 24.3 Å². The molecule has 0 saturated heterocycles. The minimum absolute atomic E-state index is 0.539. The normalized spacial score (nSPS) is 11.3. The molecule has 1 N–H and O–H groups in total. The highest BCUT2D eigenvalue weighted by atomic mass is 16.5. The third-order valence-corrected chi connectivity index (χ3v) is 2.88. The van der Waals surface area contributed by atoms with Crippen molar-refractivity contribution in [1.29, 1.82) is 0 Å². The second-order valence-electron chi connectivity index (χ2n) is 4.54.